The number of nitrogens with zero attached hydrogens (tertiary/aromatic N) is 1. The van der Waals surface area contributed by atoms with Crippen LogP contribution in [0.4, 0.5) is 0 Å². The van der Waals surface area contributed by atoms with E-state index in [0.29, 0.717) is 18.9 Å². The van der Waals surface area contributed by atoms with E-state index in [9.17, 15) is 4.79 Å². The number of hydrogen-bond acceptors (Lipinski definition) is 1. The van der Waals surface area contributed by atoms with Crippen LogP contribution in [0.2, 0.25) is 0 Å². The zero-order valence-corrected chi connectivity index (χ0v) is 7.05. The van der Waals surface area contributed by atoms with E-state index < -0.39 is 0 Å². The average molecular weight is 142 g/mol. The van der Waals surface area contributed by atoms with Crippen molar-refractivity contribution in [3.05, 3.63) is 0 Å². The Balaban J connectivity index is 3.26. The average Bonchev–Trinajstić information content (AvgIpc) is 1.82. The van der Waals surface area contributed by atoms with Crippen LogP contribution in [-0.4, -0.2) is 12.5 Å². The molecule has 0 aromatic carbocycles. The van der Waals surface area contributed by atoms with E-state index in [1.807, 2.05) is 20.8 Å². The molecule has 0 spiro atoms. The Bertz CT molecular complexity index is 99.4. The SMILES string of the molecule is CCC[N]C(=O)CC(C)C. The van der Waals surface area contributed by atoms with Crippen LogP contribution < -0.4 is 5.32 Å². The minimum atomic E-state index is 0.0526. The number of hydrogen-bond donors (Lipinski definition) is 0. The van der Waals surface area contributed by atoms with Gasteiger partial charge < -0.3 is 0 Å². The molecule has 0 aliphatic rings. The van der Waals surface area contributed by atoms with Gasteiger partial charge >= 0.3 is 0 Å². The summed E-state index contributed by atoms with van der Waals surface area (Å²) < 4.78 is 0. The maximum Gasteiger partial charge on any atom is 0.241 e. The second-order valence-corrected chi connectivity index (χ2v) is 2.87. The van der Waals surface area contributed by atoms with Crippen LogP contribution in [0.3, 0.4) is 0 Å². The lowest BCUT2D eigenvalue weighted by molar-refractivity contribution is -0.122. The molecule has 0 heterocycles. The minimum Gasteiger partial charge on any atom is -0.273 e. The van der Waals surface area contributed by atoms with Gasteiger partial charge in [-0.15, -0.1) is 0 Å². The molecular formula is C8H16NO. The van der Waals surface area contributed by atoms with Crippen LogP contribution in [0.1, 0.15) is 33.6 Å². The van der Waals surface area contributed by atoms with Crippen molar-refractivity contribution in [1.82, 2.24) is 5.32 Å². The molecule has 0 aliphatic heterocycles. The molecule has 10 heavy (non-hydrogen) atoms. The van der Waals surface area contributed by atoms with E-state index in [1.165, 1.54) is 0 Å². The first-order valence-electron chi connectivity index (χ1n) is 3.87. The molecule has 0 aromatic rings. The summed E-state index contributed by atoms with van der Waals surface area (Å²) in [6.45, 7) is 6.76. The summed E-state index contributed by atoms with van der Waals surface area (Å²) in [6, 6.07) is 0. The molecule has 0 N–H and O–H groups in total. The molecule has 0 aliphatic carbocycles. The van der Waals surface area contributed by atoms with Crippen molar-refractivity contribution in [2.75, 3.05) is 6.54 Å². The van der Waals surface area contributed by atoms with Crippen molar-refractivity contribution < 1.29 is 4.79 Å². The first kappa shape index (κ1) is 9.47. The summed E-state index contributed by atoms with van der Waals surface area (Å²) >= 11 is 0. The Hall–Kier alpha value is -0.530. The van der Waals surface area contributed by atoms with E-state index >= 15 is 0 Å². The van der Waals surface area contributed by atoms with Gasteiger partial charge in [0.1, 0.15) is 0 Å². The quantitative estimate of drug-likeness (QED) is 0.586. The first-order chi connectivity index (χ1) is 4.66. The fourth-order valence-electron chi connectivity index (χ4n) is 0.650. The van der Waals surface area contributed by atoms with E-state index in [0.717, 1.165) is 6.42 Å². The van der Waals surface area contributed by atoms with Crippen LogP contribution in [0.15, 0.2) is 0 Å². The topological polar surface area (TPSA) is 31.2 Å². The largest absolute Gasteiger partial charge is 0.273 e. The summed E-state index contributed by atoms with van der Waals surface area (Å²) in [5, 5.41) is 3.84. The van der Waals surface area contributed by atoms with Gasteiger partial charge in [0.05, 0.1) is 0 Å². The molecule has 0 saturated heterocycles. The summed E-state index contributed by atoms with van der Waals surface area (Å²) in [5.41, 5.74) is 0. The Morgan fingerprint density at radius 2 is 2.10 bits per heavy atom. The summed E-state index contributed by atoms with van der Waals surface area (Å²) in [4.78, 5) is 10.8. The molecule has 0 bridgehead atoms. The highest BCUT2D eigenvalue weighted by Gasteiger charge is 2.03. The first-order valence-corrected chi connectivity index (χ1v) is 3.87. The zero-order valence-electron chi connectivity index (χ0n) is 7.05. The number of carbonyl (C=O) groups excluding carboxylic acids is 1. The monoisotopic (exact) mass is 142 g/mol. The van der Waals surface area contributed by atoms with Crippen LogP contribution in [-0.2, 0) is 4.79 Å². The molecule has 59 valence electrons. The molecule has 2 heteroatoms. The predicted molar refractivity (Wildman–Crippen MR) is 41.8 cm³/mol. The fraction of sp³-hybridized carbons (Fsp3) is 0.875. The number of amides is 1. The Labute approximate surface area is 63.0 Å². The highest BCUT2D eigenvalue weighted by molar-refractivity contribution is 5.75. The van der Waals surface area contributed by atoms with Crippen molar-refractivity contribution in [3.63, 3.8) is 0 Å². The molecule has 0 atom stereocenters. The van der Waals surface area contributed by atoms with Crippen molar-refractivity contribution in [3.8, 4) is 0 Å². The van der Waals surface area contributed by atoms with Gasteiger partial charge in [-0.1, -0.05) is 20.8 Å². The van der Waals surface area contributed by atoms with Crippen LogP contribution in [0.5, 0.6) is 0 Å². The highest BCUT2D eigenvalue weighted by Crippen LogP contribution is 1.98. The minimum absolute atomic E-state index is 0.0526. The van der Waals surface area contributed by atoms with Gasteiger partial charge in [-0.25, -0.2) is 0 Å². The third kappa shape index (κ3) is 5.60. The van der Waals surface area contributed by atoms with Crippen molar-refractivity contribution in [2.24, 2.45) is 5.92 Å². The van der Waals surface area contributed by atoms with E-state index in [2.05, 4.69) is 5.32 Å². The van der Waals surface area contributed by atoms with Gasteiger partial charge in [0.25, 0.3) is 0 Å². The maximum absolute atomic E-state index is 10.8. The lowest BCUT2D eigenvalue weighted by atomic mass is 10.1. The second kappa shape index (κ2) is 5.27. The lowest BCUT2D eigenvalue weighted by Crippen LogP contribution is -2.17. The van der Waals surface area contributed by atoms with E-state index in [-0.39, 0.29) is 5.91 Å². The number of carbonyl (C=O) groups is 1. The lowest BCUT2D eigenvalue weighted by Gasteiger charge is -2.01. The van der Waals surface area contributed by atoms with E-state index in [4.69, 9.17) is 0 Å². The van der Waals surface area contributed by atoms with Crippen molar-refractivity contribution in [1.29, 1.82) is 0 Å². The molecule has 1 radical (unpaired) electrons. The molecule has 0 rings (SSSR count). The highest BCUT2D eigenvalue weighted by atomic mass is 16.1. The zero-order chi connectivity index (χ0) is 7.98. The van der Waals surface area contributed by atoms with Crippen LogP contribution >= 0.6 is 0 Å². The Morgan fingerprint density at radius 1 is 1.50 bits per heavy atom. The third-order valence-electron chi connectivity index (χ3n) is 1.09. The van der Waals surface area contributed by atoms with Gasteiger partial charge in [0.2, 0.25) is 5.91 Å². The van der Waals surface area contributed by atoms with Gasteiger partial charge in [0.15, 0.2) is 0 Å². The standard InChI is InChI=1S/C8H16NO/c1-4-5-9-8(10)6-7(2)3/h7H,4-6H2,1-3H3. The maximum atomic E-state index is 10.8. The molecule has 0 aromatic heterocycles. The summed E-state index contributed by atoms with van der Waals surface area (Å²) in [6.07, 6.45) is 1.56. The fourth-order valence-corrected chi connectivity index (χ4v) is 0.650. The molecule has 1 amide bonds. The second-order valence-electron chi connectivity index (χ2n) is 2.87. The Kier molecular flexibility index (Phi) is 4.99. The Morgan fingerprint density at radius 3 is 2.50 bits per heavy atom. The van der Waals surface area contributed by atoms with Gasteiger partial charge in [-0.3, -0.25) is 10.1 Å². The molecule has 0 saturated carbocycles. The molecule has 2 nitrogen and oxygen atoms in total. The molecular weight excluding hydrogens is 126 g/mol. The smallest absolute Gasteiger partial charge is 0.241 e. The van der Waals surface area contributed by atoms with Gasteiger partial charge in [-0.05, 0) is 12.3 Å². The molecule has 0 fully saturated rings. The van der Waals surface area contributed by atoms with Gasteiger partial charge in [0, 0.05) is 13.0 Å². The predicted octanol–water partition coefficient (Wildman–Crippen LogP) is 1.57. The number of rotatable bonds is 4. The van der Waals surface area contributed by atoms with Gasteiger partial charge in [-0.2, -0.15) is 0 Å². The normalized spacial score (nSPS) is 10.0. The third-order valence-corrected chi connectivity index (χ3v) is 1.09. The van der Waals surface area contributed by atoms with E-state index in [1.54, 1.807) is 0 Å². The van der Waals surface area contributed by atoms with Crippen molar-refractivity contribution >= 4 is 5.91 Å². The molecule has 0 unspecified atom stereocenters. The summed E-state index contributed by atoms with van der Waals surface area (Å²) in [7, 11) is 0. The van der Waals surface area contributed by atoms with Crippen LogP contribution in [0, 0.1) is 5.92 Å². The van der Waals surface area contributed by atoms with Crippen LogP contribution in [0.25, 0.3) is 0 Å². The van der Waals surface area contributed by atoms with Crippen molar-refractivity contribution in [2.45, 2.75) is 33.6 Å². The summed E-state index contributed by atoms with van der Waals surface area (Å²) in [5.74, 6) is 0.491.